The minimum Gasteiger partial charge on any atom is -0.389 e. The van der Waals surface area contributed by atoms with E-state index in [4.69, 9.17) is 0 Å². The van der Waals surface area contributed by atoms with Gasteiger partial charge in [-0.15, -0.1) is 11.8 Å². The topological polar surface area (TPSA) is 20.2 Å². The Kier molecular flexibility index (Phi) is 4.84. The van der Waals surface area contributed by atoms with E-state index >= 15 is 0 Å². The molecule has 0 heterocycles. The van der Waals surface area contributed by atoms with Crippen LogP contribution in [0.4, 0.5) is 4.39 Å². The van der Waals surface area contributed by atoms with Gasteiger partial charge in [0.25, 0.3) is 0 Å². The molecule has 3 heteroatoms. The summed E-state index contributed by atoms with van der Waals surface area (Å²) in [5.74, 6) is 0.427. The summed E-state index contributed by atoms with van der Waals surface area (Å²) in [5, 5.41) is 9.72. The number of hydrogen-bond donors (Lipinski definition) is 1. The molecule has 0 radical (unpaired) electrons. The van der Waals surface area contributed by atoms with Crippen molar-refractivity contribution in [1.82, 2.24) is 0 Å². The third-order valence-electron chi connectivity index (χ3n) is 3.11. The highest BCUT2D eigenvalue weighted by atomic mass is 32.2. The lowest BCUT2D eigenvalue weighted by Crippen LogP contribution is -1.98. The molecule has 1 atom stereocenters. The Morgan fingerprint density at radius 3 is 2.40 bits per heavy atom. The number of aryl methyl sites for hydroxylation is 2. The molecule has 1 N–H and O–H groups in total. The van der Waals surface area contributed by atoms with Gasteiger partial charge in [-0.3, -0.25) is 0 Å². The monoisotopic (exact) mass is 290 g/mol. The van der Waals surface area contributed by atoms with Crippen LogP contribution in [0.2, 0.25) is 0 Å². The van der Waals surface area contributed by atoms with E-state index in [-0.39, 0.29) is 5.82 Å². The summed E-state index contributed by atoms with van der Waals surface area (Å²) >= 11 is 1.56. The largest absolute Gasteiger partial charge is 0.389 e. The molecule has 0 amide bonds. The molecule has 1 nitrogen and oxygen atoms in total. The SMILES string of the molecule is Cc1cc(C)cc(CSc2cccc(F)c2[C@@H](C)O)c1. The summed E-state index contributed by atoms with van der Waals surface area (Å²) in [6.45, 7) is 5.74. The van der Waals surface area contributed by atoms with Crippen LogP contribution in [0.15, 0.2) is 41.3 Å². The summed E-state index contributed by atoms with van der Waals surface area (Å²) < 4.78 is 13.8. The van der Waals surface area contributed by atoms with Gasteiger partial charge in [0.1, 0.15) is 5.82 Å². The van der Waals surface area contributed by atoms with Crippen molar-refractivity contribution >= 4 is 11.8 Å². The van der Waals surface area contributed by atoms with Crippen LogP contribution in [0, 0.1) is 19.7 Å². The van der Waals surface area contributed by atoms with Crippen LogP contribution in [-0.4, -0.2) is 5.11 Å². The Balaban J connectivity index is 2.21. The number of hydrogen-bond acceptors (Lipinski definition) is 2. The third-order valence-corrected chi connectivity index (χ3v) is 4.25. The van der Waals surface area contributed by atoms with Gasteiger partial charge in [-0.1, -0.05) is 35.4 Å². The first-order valence-electron chi connectivity index (χ1n) is 6.64. The molecule has 0 aliphatic carbocycles. The highest BCUT2D eigenvalue weighted by Gasteiger charge is 2.13. The van der Waals surface area contributed by atoms with E-state index in [1.807, 2.05) is 6.07 Å². The van der Waals surface area contributed by atoms with E-state index in [0.29, 0.717) is 5.56 Å². The van der Waals surface area contributed by atoms with Gasteiger partial charge in [0.15, 0.2) is 0 Å². The number of thioether (sulfide) groups is 1. The minimum atomic E-state index is -0.794. The van der Waals surface area contributed by atoms with Crippen LogP contribution in [-0.2, 0) is 5.75 Å². The molecule has 20 heavy (non-hydrogen) atoms. The molecule has 0 aromatic heterocycles. The molecule has 2 rings (SSSR count). The van der Waals surface area contributed by atoms with Crippen LogP contribution in [0.25, 0.3) is 0 Å². The lowest BCUT2D eigenvalue weighted by Gasteiger charge is -2.13. The molecule has 0 saturated carbocycles. The predicted molar refractivity (Wildman–Crippen MR) is 82.5 cm³/mol. The van der Waals surface area contributed by atoms with Crippen LogP contribution in [0.3, 0.4) is 0 Å². The minimum absolute atomic E-state index is 0.342. The van der Waals surface area contributed by atoms with Gasteiger partial charge < -0.3 is 5.11 Å². The third kappa shape index (κ3) is 3.62. The Bertz CT molecular complexity index is 588. The normalized spacial score (nSPS) is 12.4. The van der Waals surface area contributed by atoms with Crippen molar-refractivity contribution in [1.29, 1.82) is 0 Å². The summed E-state index contributed by atoms with van der Waals surface area (Å²) in [6.07, 6.45) is -0.794. The molecule has 0 fully saturated rings. The molecule has 0 bridgehead atoms. The van der Waals surface area contributed by atoms with E-state index in [1.54, 1.807) is 24.8 Å². The summed E-state index contributed by atoms with van der Waals surface area (Å²) in [5.41, 5.74) is 4.07. The zero-order chi connectivity index (χ0) is 14.7. The first-order valence-corrected chi connectivity index (χ1v) is 7.62. The Hall–Kier alpha value is -1.32. The van der Waals surface area contributed by atoms with E-state index in [1.165, 1.54) is 22.8 Å². The smallest absolute Gasteiger partial charge is 0.130 e. The average molecular weight is 290 g/mol. The molecule has 2 aromatic carbocycles. The maximum atomic E-state index is 13.8. The average Bonchev–Trinajstić information content (AvgIpc) is 2.34. The zero-order valence-corrected chi connectivity index (χ0v) is 12.8. The molecule has 0 spiro atoms. The Labute approximate surface area is 123 Å². The predicted octanol–water partition coefficient (Wildman–Crippen LogP) is 4.79. The van der Waals surface area contributed by atoms with Crippen molar-refractivity contribution < 1.29 is 9.50 Å². The zero-order valence-electron chi connectivity index (χ0n) is 12.0. The van der Waals surface area contributed by atoms with Gasteiger partial charge in [0.05, 0.1) is 6.10 Å². The van der Waals surface area contributed by atoms with Gasteiger partial charge in [0.2, 0.25) is 0 Å². The van der Waals surface area contributed by atoms with Gasteiger partial charge in [-0.2, -0.15) is 0 Å². The summed E-state index contributed by atoms with van der Waals surface area (Å²) in [7, 11) is 0. The second kappa shape index (κ2) is 6.42. The Morgan fingerprint density at radius 2 is 1.80 bits per heavy atom. The lowest BCUT2D eigenvalue weighted by atomic mass is 10.1. The second-order valence-electron chi connectivity index (χ2n) is 5.11. The number of halogens is 1. The van der Waals surface area contributed by atoms with Crippen molar-refractivity contribution in [3.63, 3.8) is 0 Å². The van der Waals surface area contributed by atoms with Gasteiger partial charge in [-0.25, -0.2) is 4.39 Å². The fourth-order valence-corrected chi connectivity index (χ4v) is 3.45. The van der Waals surface area contributed by atoms with E-state index in [9.17, 15) is 9.50 Å². The van der Waals surface area contributed by atoms with Crippen LogP contribution < -0.4 is 0 Å². The van der Waals surface area contributed by atoms with Gasteiger partial charge in [-0.05, 0) is 38.5 Å². The van der Waals surface area contributed by atoms with E-state index < -0.39 is 6.10 Å². The number of aliphatic hydroxyl groups excluding tert-OH is 1. The Morgan fingerprint density at radius 1 is 1.15 bits per heavy atom. The highest BCUT2D eigenvalue weighted by molar-refractivity contribution is 7.98. The van der Waals surface area contributed by atoms with Crippen molar-refractivity contribution in [3.05, 3.63) is 64.5 Å². The molecule has 0 saturated heterocycles. The van der Waals surface area contributed by atoms with Crippen LogP contribution >= 0.6 is 11.8 Å². The second-order valence-corrected chi connectivity index (χ2v) is 6.13. The summed E-state index contributed by atoms with van der Waals surface area (Å²) in [6, 6.07) is 11.4. The number of aliphatic hydroxyl groups is 1. The van der Waals surface area contributed by atoms with Crippen molar-refractivity contribution in [2.45, 2.75) is 37.5 Å². The molecule has 2 aromatic rings. The maximum Gasteiger partial charge on any atom is 0.130 e. The quantitative estimate of drug-likeness (QED) is 0.817. The molecule has 0 aliphatic rings. The first-order chi connectivity index (χ1) is 9.47. The van der Waals surface area contributed by atoms with Crippen LogP contribution in [0.1, 0.15) is 35.3 Å². The van der Waals surface area contributed by atoms with Gasteiger partial charge >= 0.3 is 0 Å². The fourth-order valence-electron chi connectivity index (χ4n) is 2.36. The standard InChI is InChI=1S/C17H19FOS/c1-11-7-12(2)9-14(8-11)10-20-16-6-4-5-15(18)17(16)13(3)19/h4-9,13,19H,10H2,1-3H3/t13-/m1/s1. The van der Waals surface area contributed by atoms with Crippen molar-refractivity contribution in [3.8, 4) is 0 Å². The van der Waals surface area contributed by atoms with Crippen molar-refractivity contribution in [2.24, 2.45) is 0 Å². The van der Waals surface area contributed by atoms with E-state index in [2.05, 4.69) is 32.0 Å². The highest BCUT2D eigenvalue weighted by Crippen LogP contribution is 2.32. The number of benzene rings is 2. The lowest BCUT2D eigenvalue weighted by molar-refractivity contribution is 0.191. The van der Waals surface area contributed by atoms with Crippen LogP contribution in [0.5, 0.6) is 0 Å². The van der Waals surface area contributed by atoms with E-state index in [0.717, 1.165) is 10.6 Å². The maximum absolute atomic E-state index is 13.8. The molecule has 0 aliphatic heterocycles. The first kappa shape index (κ1) is 15.1. The van der Waals surface area contributed by atoms with Crippen molar-refractivity contribution in [2.75, 3.05) is 0 Å². The summed E-state index contributed by atoms with van der Waals surface area (Å²) in [4.78, 5) is 0.805. The molecular formula is C17H19FOS. The fraction of sp³-hybridized carbons (Fsp3) is 0.294. The van der Waals surface area contributed by atoms with Gasteiger partial charge in [0, 0.05) is 16.2 Å². The molecule has 0 unspecified atom stereocenters. The molecule has 106 valence electrons. The molecular weight excluding hydrogens is 271 g/mol. The number of rotatable bonds is 4.